The van der Waals surface area contributed by atoms with Crippen LogP contribution in [0.15, 0.2) is 24.3 Å². The van der Waals surface area contributed by atoms with Gasteiger partial charge in [-0.25, -0.2) is 4.98 Å². The van der Waals surface area contributed by atoms with Gasteiger partial charge in [0.1, 0.15) is 5.82 Å². The first kappa shape index (κ1) is 13.5. The van der Waals surface area contributed by atoms with E-state index in [1.807, 2.05) is 35.9 Å². The molecule has 0 aliphatic carbocycles. The topological polar surface area (TPSA) is 50.5 Å². The number of likely N-dealkylation sites (N-methyl/N-ethyl adjacent to an activating group) is 1. The average molecular weight is 275 g/mol. The van der Waals surface area contributed by atoms with Crippen LogP contribution in [0.25, 0.3) is 11.0 Å². The SMILES string of the molecule is CN1CCOC(C(O)Cc2nc3ccccc3n2C)C1. The standard InChI is InChI=1S/C15H21N3O2/c1-17-7-8-20-14(10-17)13(19)9-15-16-11-5-3-4-6-12(11)18(15)2/h3-6,13-14,19H,7-10H2,1-2H3. The number of morpholine rings is 1. The molecular weight excluding hydrogens is 254 g/mol. The number of imidazole rings is 1. The summed E-state index contributed by atoms with van der Waals surface area (Å²) in [4.78, 5) is 6.79. The van der Waals surface area contributed by atoms with Crippen LogP contribution < -0.4 is 0 Å². The highest BCUT2D eigenvalue weighted by Gasteiger charge is 2.26. The molecule has 5 nitrogen and oxygen atoms in total. The fraction of sp³-hybridized carbons (Fsp3) is 0.533. The summed E-state index contributed by atoms with van der Waals surface area (Å²) >= 11 is 0. The van der Waals surface area contributed by atoms with E-state index in [1.165, 1.54) is 0 Å². The van der Waals surface area contributed by atoms with Crippen molar-refractivity contribution in [2.75, 3.05) is 26.7 Å². The van der Waals surface area contributed by atoms with E-state index in [1.54, 1.807) is 0 Å². The normalized spacial score (nSPS) is 22.2. The Balaban J connectivity index is 1.77. The minimum Gasteiger partial charge on any atom is -0.390 e. The largest absolute Gasteiger partial charge is 0.390 e. The molecular formula is C15H21N3O2. The molecule has 2 atom stereocenters. The second kappa shape index (κ2) is 5.52. The summed E-state index contributed by atoms with van der Waals surface area (Å²) in [5, 5.41) is 10.4. The van der Waals surface area contributed by atoms with Crippen molar-refractivity contribution in [1.29, 1.82) is 0 Å². The number of nitrogens with zero attached hydrogens (tertiary/aromatic N) is 3. The number of aromatic nitrogens is 2. The maximum Gasteiger partial charge on any atom is 0.112 e. The Morgan fingerprint density at radius 1 is 1.40 bits per heavy atom. The summed E-state index contributed by atoms with van der Waals surface area (Å²) in [5.74, 6) is 0.899. The van der Waals surface area contributed by atoms with Gasteiger partial charge in [-0.3, -0.25) is 0 Å². The predicted octanol–water partition coefficient (Wildman–Crippen LogP) is 0.807. The van der Waals surface area contributed by atoms with Crippen LogP contribution in [0.5, 0.6) is 0 Å². The monoisotopic (exact) mass is 275 g/mol. The van der Waals surface area contributed by atoms with Gasteiger partial charge in [-0.1, -0.05) is 12.1 Å². The molecule has 0 amide bonds. The highest BCUT2D eigenvalue weighted by Crippen LogP contribution is 2.17. The number of aryl methyl sites for hydroxylation is 1. The first-order chi connectivity index (χ1) is 9.65. The van der Waals surface area contributed by atoms with Crippen molar-refractivity contribution < 1.29 is 9.84 Å². The Bertz CT molecular complexity index is 596. The van der Waals surface area contributed by atoms with Crippen molar-refractivity contribution in [1.82, 2.24) is 14.5 Å². The quantitative estimate of drug-likeness (QED) is 0.900. The third kappa shape index (κ3) is 2.57. The van der Waals surface area contributed by atoms with Crippen molar-refractivity contribution in [3.8, 4) is 0 Å². The predicted molar refractivity (Wildman–Crippen MR) is 77.7 cm³/mol. The van der Waals surface area contributed by atoms with Crippen LogP contribution in [0.2, 0.25) is 0 Å². The lowest BCUT2D eigenvalue weighted by Gasteiger charge is -2.32. The number of ether oxygens (including phenoxy) is 1. The lowest BCUT2D eigenvalue weighted by molar-refractivity contribution is -0.0829. The lowest BCUT2D eigenvalue weighted by Crippen LogP contribution is -2.46. The number of aliphatic hydroxyl groups excluding tert-OH is 1. The zero-order valence-electron chi connectivity index (χ0n) is 12.0. The van der Waals surface area contributed by atoms with Gasteiger partial charge in [-0.05, 0) is 19.2 Å². The van der Waals surface area contributed by atoms with Crippen LogP contribution in [0.3, 0.4) is 0 Å². The molecule has 2 unspecified atom stereocenters. The summed E-state index contributed by atoms with van der Waals surface area (Å²) in [6.07, 6.45) is -0.134. The molecule has 1 aromatic carbocycles. The Labute approximate surface area is 118 Å². The number of aliphatic hydroxyl groups is 1. The van der Waals surface area contributed by atoms with Crippen molar-refractivity contribution in [3.63, 3.8) is 0 Å². The van der Waals surface area contributed by atoms with Gasteiger partial charge in [0.15, 0.2) is 0 Å². The number of para-hydroxylation sites is 2. The van der Waals surface area contributed by atoms with Crippen LogP contribution >= 0.6 is 0 Å². The smallest absolute Gasteiger partial charge is 0.112 e. The first-order valence-electron chi connectivity index (χ1n) is 7.03. The van der Waals surface area contributed by atoms with E-state index in [0.717, 1.165) is 29.9 Å². The number of fused-ring (bicyclic) bond motifs is 1. The third-order valence-corrected chi connectivity index (χ3v) is 4.00. The number of hydrogen-bond donors (Lipinski definition) is 1. The fourth-order valence-electron chi connectivity index (χ4n) is 2.74. The highest BCUT2D eigenvalue weighted by atomic mass is 16.5. The molecule has 2 heterocycles. The second-order valence-electron chi connectivity index (χ2n) is 5.52. The van der Waals surface area contributed by atoms with Gasteiger partial charge in [-0.15, -0.1) is 0 Å². The van der Waals surface area contributed by atoms with Crippen LogP contribution in [0, 0.1) is 0 Å². The molecule has 1 aliphatic heterocycles. The molecule has 1 N–H and O–H groups in total. The average Bonchev–Trinajstić information content (AvgIpc) is 2.76. The minimum atomic E-state index is -0.520. The second-order valence-corrected chi connectivity index (χ2v) is 5.52. The van der Waals surface area contributed by atoms with Gasteiger partial charge in [0, 0.05) is 26.6 Å². The highest BCUT2D eigenvalue weighted by molar-refractivity contribution is 5.75. The summed E-state index contributed by atoms with van der Waals surface area (Å²) in [7, 11) is 4.04. The van der Waals surface area contributed by atoms with E-state index >= 15 is 0 Å². The molecule has 0 spiro atoms. The zero-order valence-corrected chi connectivity index (χ0v) is 12.0. The molecule has 2 aromatic rings. The van der Waals surface area contributed by atoms with Crippen molar-refractivity contribution >= 4 is 11.0 Å². The maximum absolute atomic E-state index is 10.4. The Morgan fingerprint density at radius 2 is 2.20 bits per heavy atom. The number of benzene rings is 1. The molecule has 0 radical (unpaired) electrons. The molecule has 0 bridgehead atoms. The Morgan fingerprint density at radius 3 is 2.95 bits per heavy atom. The van der Waals surface area contributed by atoms with E-state index in [4.69, 9.17) is 4.74 Å². The van der Waals surface area contributed by atoms with Gasteiger partial charge >= 0.3 is 0 Å². The van der Waals surface area contributed by atoms with E-state index in [9.17, 15) is 5.11 Å². The molecule has 108 valence electrons. The van der Waals surface area contributed by atoms with Crippen molar-refractivity contribution in [2.45, 2.75) is 18.6 Å². The van der Waals surface area contributed by atoms with Crippen LogP contribution in [0.4, 0.5) is 0 Å². The molecule has 1 aromatic heterocycles. The number of rotatable bonds is 3. The maximum atomic E-state index is 10.4. The van der Waals surface area contributed by atoms with Gasteiger partial charge in [0.2, 0.25) is 0 Å². The van der Waals surface area contributed by atoms with Crippen LogP contribution in [0.1, 0.15) is 5.82 Å². The number of hydrogen-bond acceptors (Lipinski definition) is 4. The van der Waals surface area contributed by atoms with E-state index in [-0.39, 0.29) is 6.10 Å². The van der Waals surface area contributed by atoms with Gasteiger partial charge in [-0.2, -0.15) is 0 Å². The van der Waals surface area contributed by atoms with E-state index in [0.29, 0.717) is 13.0 Å². The lowest BCUT2D eigenvalue weighted by atomic mass is 10.1. The summed E-state index contributed by atoms with van der Waals surface area (Å²) in [6, 6.07) is 8.03. The summed E-state index contributed by atoms with van der Waals surface area (Å²) in [5.41, 5.74) is 2.07. The molecule has 1 fully saturated rings. The minimum absolute atomic E-state index is 0.131. The molecule has 5 heteroatoms. The van der Waals surface area contributed by atoms with Crippen molar-refractivity contribution in [3.05, 3.63) is 30.1 Å². The van der Waals surface area contributed by atoms with E-state index < -0.39 is 6.10 Å². The first-order valence-corrected chi connectivity index (χ1v) is 7.03. The molecule has 1 aliphatic rings. The van der Waals surface area contributed by atoms with Gasteiger partial charge < -0.3 is 19.3 Å². The Hall–Kier alpha value is -1.43. The van der Waals surface area contributed by atoms with Gasteiger partial charge in [0.25, 0.3) is 0 Å². The van der Waals surface area contributed by atoms with Crippen LogP contribution in [-0.4, -0.2) is 58.5 Å². The third-order valence-electron chi connectivity index (χ3n) is 4.00. The molecule has 0 saturated carbocycles. The molecule has 1 saturated heterocycles. The fourth-order valence-corrected chi connectivity index (χ4v) is 2.74. The Kier molecular flexibility index (Phi) is 3.74. The zero-order chi connectivity index (χ0) is 14.1. The molecule has 20 heavy (non-hydrogen) atoms. The summed E-state index contributed by atoms with van der Waals surface area (Å²) < 4.78 is 7.71. The van der Waals surface area contributed by atoms with Crippen LogP contribution in [-0.2, 0) is 18.2 Å². The van der Waals surface area contributed by atoms with E-state index in [2.05, 4.69) is 16.9 Å². The van der Waals surface area contributed by atoms with Gasteiger partial charge in [0.05, 0.1) is 29.8 Å². The summed E-state index contributed by atoms with van der Waals surface area (Å²) in [6.45, 7) is 2.38. The van der Waals surface area contributed by atoms with Crippen molar-refractivity contribution in [2.24, 2.45) is 7.05 Å². The molecule has 3 rings (SSSR count).